The molecule has 186 valence electrons. The maximum Gasteiger partial charge on any atom is 0.325 e. The van der Waals surface area contributed by atoms with Crippen molar-refractivity contribution in [3.8, 4) is 0 Å². The van der Waals surface area contributed by atoms with Gasteiger partial charge in [0.2, 0.25) is 5.91 Å². The van der Waals surface area contributed by atoms with E-state index in [2.05, 4.69) is 5.32 Å². The molecule has 4 amide bonds. The first-order valence-corrected chi connectivity index (χ1v) is 13.0. The Hall–Kier alpha value is -2.12. The van der Waals surface area contributed by atoms with E-state index in [1.807, 2.05) is 23.1 Å². The maximum atomic E-state index is 13.7. The lowest BCUT2D eigenvalue weighted by atomic mass is 9.73. The molecule has 4 rings (SSSR count). The summed E-state index contributed by atoms with van der Waals surface area (Å²) < 4.78 is 5.11. The van der Waals surface area contributed by atoms with Crippen molar-refractivity contribution >= 4 is 29.4 Å². The average Bonchev–Trinajstić information content (AvgIpc) is 3.45. The largest absolute Gasteiger partial charge is 0.383 e. The molecule has 1 aromatic carbocycles. The molecule has 2 saturated heterocycles. The second-order valence-electron chi connectivity index (χ2n) is 9.96. The summed E-state index contributed by atoms with van der Waals surface area (Å²) in [6.07, 6.45) is 8.35. The number of halogens is 1. The van der Waals surface area contributed by atoms with Crippen LogP contribution in [0.1, 0.15) is 56.9 Å². The molecule has 0 aromatic heterocycles. The Morgan fingerprint density at radius 3 is 2.53 bits per heavy atom. The van der Waals surface area contributed by atoms with Crippen LogP contribution in [0.3, 0.4) is 0 Å². The van der Waals surface area contributed by atoms with Gasteiger partial charge in [-0.25, -0.2) is 4.79 Å². The van der Waals surface area contributed by atoms with E-state index >= 15 is 0 Å². The minimum atomic E-state index is -1.06. The molecule has 34 heavy (non-hydrogen) atoms. The van der Waals surface area contributed by atoms with E-state index in [4.69, 9.17) is 16.3 Å². The number of amides is 4. The molecule has 3 fully saturated rings. The molecule has 1 aliphatic carbocycles. The maximum absolute atomic E-state index is 13.7. The van der Waals surface area contributed by atoms with Crippen LogP contribution in [0.25, 0.3) is 0 Å². The Balaban J connectivity index is 1.47. The zero-order valence-corrected chi connectivity index (χ0v) is 20.8. The van der Waals surface area contributed by atoms with Gasteiger partial charge in [-0.05, 0) is 42.7 Å². The van der Waals surface area contributed by atoms with Gasteiger partial charge in [-0.1, -0.05) is 55.5 Å². The summed E-state index contributed by atoms with van der Waals surface area (Å²) in [5, 5.41) is 3.63. The minimum absolute atomic E-state index is 0.0772. The molecule has 7 nitrogen and oxygen atoms in total. The zero-order valence-electron chi connectivity index (χ0n) is 20.1. The normalized spacial score (nSPS) is 24.2. The molecular weight excluding hydrogens is 454 g/mol. The first-order chi connectivity index (χ1) is 16.4. The molecule has 1 aromatic rings. The number of ether oxygens (including phenoxy) is 1. The number of benzene rings is 1. The van der Waals surface area contributed by atoms with Crippen molar-refractivity contribution in [1.82, 2.24) is 15.1 Å². The van der Waals surface area contributed by atoms with E-state index in [0.717, 1.165) is 12.0 Å². The Morgan fingerprint density at radius 1 is 1.15 bits per heavy atom. The van der Waals surface area contributed by atoms with Gasteiger partial charge in [0.25, 0.3) is 5.91 Å². The van der Waals surface area contributed by atoms with Gasteiger partial charge in [-0.3, -0.25) is 14.5 Å². The highest BCUT2D eigenvalue weighted by atomic mass is 35.5. The summed E-state index contributed by atoms with van der Waals surface area (Å²) in [5.74, 6) is 0.617. The number of nitrogens with one attached hydrogen (secondary N) is 1. The fourth-order valence-corrected chi connectivity index (χ4v) is 6.12. The highest BCUT2D eigenvalue weighted by molar-refractivity contribution is 6.31. The van der Waals surface area contributed by atoms with Gasteiger partial charge in [0.15, 0.2) is 0 Å². The fourth-order valence-electron chi connectivity index (χ4n) is 5.92. The van der Waals surface area contributed by atoms with E-state index < -0.39 is 5.54 Å². The number of rotatable bonds is 9. The Kier molecular flexibility index (Phi) is 8.14. The van der Waals surface area contributed by atoms with Gasteiger partial charge in [0, 0.05) is 38.1 Å². The zero-order chi connectivity index (χ0) is 24.1. The Morgan fingerprint density at radius 2 is 1.85 bits per heavy atom. The predicted molar refractivity (Wildman–Crippen MR) is 131 cm³/mol. The number of carbonyl (C=O) groups is 3. The summed E-state index contributed by atoms with van der Waals surface area (Å²) in [6.45, 7) is 1.72. The van der Waals surface area contributed by atoms with Crippen molar-refractivity contribution in [3.05, 3.63) is 34.9 Å². The van der Waals surface area contributed by atoms with Crippen molar-refractivity contribution in [2.75, 3.05) is 33.4 Å². The quantitative estimate of drug-likeness (QED) is 0.531. The molecule has 1 saturated carbocycles. The standard InChI is InChI=1S/C26H36ClN3O4/c1-34-17-16-30-24(32)26(28-25(30)33,18-20-8-4-5-9-22(20)27)21-12-14-29(15-13-21)23(31)11-10-19-6-2-3-7-19/h4-5,8-9,19,21H,2-3,6-7,10-18H2,1H3,(H,28,33). The second kappa shape index (κ2) is 11.1. The van der Waals surface area contributed by atoms with Crippen LogP contribution in [0.4, 0.5) is 4.79 Å². The lowest BCUT2D eigenvalue weighted by Gasteiger charge is -2.41. The Bertz CT molecular complexity index is 896. The third kappa shape index (κ3) is 5.25. The van der Waals surface area contributed by atoms with Crippen LogP contribution in [0.2, 0.25) is 5.02 Å². The third-order valence-corrected chi connectivity index (χ3v) is 8.30. The smallest absolute Gasteiger partial charge is 0.325 e. The number of hydrogen-bond acceptors (Lipinski definition) is 4. The van der Waals surface area contributed by atoms with E-state index in [9.17, 15) is 14.4 Å². The average molecular weight is 490 g/mol. The molecule has 0 spiro atoms. The van der Waals surface area contributed by atoms with Crippen molar-refractivity contribution < 1.29 is 19.1 Å². The van der Waals surface area contributed by atoms with Crippen LogP contribution in [-0.4, -0.2) is 66.5 Å². The Labute approximate surface area is 207 Å². The molecular formula is C26H36ClN3O4. The van der Waals surface area contributed by atoms with Gasteiger partial charge < -0.3 is 15.0 Å². The van der Waals surface area contributed by atoms with Crippen LogP contribution in [0.5, 0.6) is 0 Å². The molecule has 2 aliphatic heterocycles. The molecule has 1 unspecified atom stereocenters. The van der Waals surface area contributed by atoms with Gasteiger partial charge in [0.1, 0.15) is 5.54 Å². The molecule has 1 N–H and O–H groups in total. The number of hydrogen-bond donors (Lipinski definition) is 1. The highest BCUT2D eigenvalue weighted by Crippen LogP contribution is 2.38. The van der Waals surface area contributed by atoms with E-state index in [1.165, 1.54) is 30.6 Å². The van der Waals surface area contributed by atoms with Crippen LogP contribution >= 0.6 is 11.6 Å². The number of carbonyl (C=O) groups excluding carboxylic acids is 3. The van der Waals surface area contributed by atoms with E-state index in [-0.39, 0.29) is 36.9 Å². The third-order valence-electron chi connectivity index (χ3n) is 7.93. The van der Waals surface area contributed by atoms with Gasteiger partial charge in [0.05, 0.1) is 13.2 Å². The summed E-state index contributed by atoms with van der Waals surface area (Å²) in [4.78, 5) is 42.6. The van der Waals surface area contributed by atoms with Crippen LogP contribution < -0.4 is 5.32 Å². The summed E-state index contributed by atoms with van der Waals surface area (Å²) >= 11 is 6.45. The van der Waals surface area contributed by atoms with Crippen LogP contribution in [-0.2, 0) is 20.7 Å². The first-order valence-electron chi connectivity index (χ1n) is 12.6. The number of nitrogens with zero attached hydrogens (tertiary/aromatic N) is 2. The predicted octanol–water partition coefficient (Wildman–Crippen LogP) is 4.03. The SMILES string of the molecule is COCCN1C(=O)NC(Cc2ccccc2Cl)(C2CCN(C(=O)CCC3CCCC3)CC2)C1=O. The van der Waals surface area contributed by atoms with Crippen molar-refractivity contribution in [3.63, 3.8) is 0 Å². The number of imide groups is 1. The second-order valence-corrected chi connectivity index (χ2v) is 10.4. The molecule has 2 heterocycles. The monoisotopic (exact) mass is 489 g/mol. The fraction of sp³-hybridized carbons (Fsp3) is 0.654. The number of urea groups is 1. The van der Waals surface area contributed by atoms with Crippen LogP contribution in [0, 0.1) is 11.8 Å². The number of piperidine rings is 1. The topological polar surface area (TPSA) is 79.0 Å². The van der Waals surface area contributed by atoms with E-state index in [1.54, 1.807) is 13.2 Å². The first kappa shape index (κ1) is 25.0. The lowest BCUT2D eigenvalue weighted by molar-refractivity contribution is -0.136. The number of likely N-dealkylation sites (tertiary alicyclic amines) is 1. The molecule has 1 atom stereocenters. The van der Waals surface area contributed by atoms with Gasteiger partial charge in [-0.15, -0.1) is 0 Å². The summed E-state index contributed by atoms with van der Waals surface area (Å²) in [5.41, 5.74) is -0.226. The lowest BCUT2D eigenvalue weighted by Crippen LogP contribution is -2.58. The van der Waals surface area contributed by atoms with E-state index in [0.29, 0.717) is 49.7 Å². The van der Waals surface area contributed by atoms with Crippen molar-refractivity contribution in [2.24, 2.45) is 11.8 Å². The minimum Gasteiger partial charge on any atom is -0.383 e. The van der Waals surface area contributed by atoms with Gasteiger partial charge >= 0.3 is 6.03 Å². The molecule has 0 radical (unpaired) electrons. The molecule has 3 aliphatic rings. The summed E-state index contributed by atoms with van der Waals surface area (Å²) in [6, 6.07) is 7.08. The van der Waals surface area contributed by atoms with Gasteiger partial charge in [-0.2, -0.15) is 0 Å². The molecule has 0 bridgehead atoms. The van der Waals surface area contributed by atoms with Crippen molar-refractivity contribution in [1.29, 1.82) is 0 Å². The number of methoxy groups -OCH3 is 1. The molecule has 8 heteroatoms. The summed E-state index contributed by atoms with van der Waals surface area (Å²) in [7, 11) is 1.55. The van der Waals surface area contributed by atoms with Crippen LogP contribution in [0.15, 0.2) is 24.3 Å². The highest BCUT2D eigenvalue weighted by Gasteiger charge is 2.56. The van der Waals surface area contributed by atoms with Crippen molar-refractivity contribution in [2.45, 2.75) is 63.3 Å².